The Labute approximate surface area is 205 Å². The van der Waals surface area contributed by atoms with Crippen LogP contribution < -0.4 is 0 Å². The first-order valence-corrected chi connectivity index (χ1v) is 16.8. The first-order valence-electron chi connectivity index (χ1n) is 12.2. The zero-order chi connectivity index (χ0) is 23.9. The predicted molar refractivity (Wildman–Crippen MR) is 136 cm³/mol. The van der Waals surface area contributed by atoms with Gasteiger partial charge in [-0.05, 0) is 36.6 Å². The predicted octanol–water partition coefficient (Wildman–Crippen LogP) is 8.35. The minimum Gasteiger partial charge on any atom is -0.207 e. The molecule has 0 saturated heterocycles. The van der Waals surface area contributed by atoms with E-state index in [1.807, 2.05) is 0 Å². The smallest absolute Gasteiger partial charge is 0.207 e. The molecule has 0 aromatic heterocycles. The van der Waals surface area contributed by atoms with E-state index in [0.717, 1.165) is 25.3 Å². The van der Waals surface area contributed by atoms with E-state index >= 15 is 0 Å². The van der Waals surface area contributed by atoms with Gasteiger partial charge in [0.2, 0.25) is 0 Å². The zero-order valence-electron chi connectivity index (χ0n) is 19.5. The Morgan fingerprint density at radius 1 is 0.531 bits per heavy atom. The molecule has 0 fully saturated rings. The van der Waals surface area contributed by atoms with Gasteiger partial charge in [0.15, 0.2) is 0 Å². The van der Waals surface area contributed by atoms with Crippen molar-refractivity contribution in [3.05, 3.63) is 23.8 Å². The maximum absolute atomic E-state index is 11.6. The Morgan fingerprint density at radius 3 is 1.16 bits per heavy atom. The van der Waals surface area contributed by atoms with Crippen molar-refractivity contribution in [2.45, 2.75) is 126 Å². The van der Waals surface area contributed by atoms with Gasteiger partial charge >= 0.3 is 0 Å². The van der Waals surface area contributed by atoms with Gasteiger partial charge in [-0.1, -0.05) is 103 Å². The summed E-state index contributed by atoms with van der Waals surface area (Å²) in [6, 6.07) is 3.86. The van der Waals surface area contributed by atoms with Crippen LogP contribution in [-0.4, -0.2) is 16.8 Å². The molecule has 0 aliphatic heterocycles. The van der Waals surface area contributed by atoms with E-state index in [1.165, 1.54) is 95.6 Å². The van der Waals surface area contributed by atoms with Crippen molar-refractivity contribution in [3.8, 4) is 0 Å². The summed E-state index contributed by atoms with van der Waals surface area (Å²) < 4.78 is 46.5. The lowest BCUT2D eigenvalue weighted by Crippen LogP contribution is -1.99. The Kier molecular flexibility index (Phi) is 15.2. The van der Waals surface area contributed by atoms with Crippen molar-refractivity contribution in [3.63, 3.8) is 0 Å². The summed E-state index contributed by atoms with van der Waals surface area (Å²) in [6.45, 7) is 2.26. The Bertz CT molecular complexity index is 803. The number of hydrogen-bond donors (Lipinski definition) is 0. The average molecular weight is 528 g/mol. The van der Waals surface area contributed by atoms with Crippen LogP contribution in [0.5, 0.6) is 0 Å². The topological polar surface area (TPSA) is 68.3 Å². The van der Waals surface area contributed by atoms with E-state index in [0.29, 0.717) is 12.0 Å². The minimum absolute atomic E-state index is 0.229. The van der Waals surface area contributed by atoms with Crippen LogP contribution in [0.15, 0.2) is 28.0 Å². The lowest BCUT2D eigenvalue weighted by atomic mass is 10.0. The third-order valence-electron chi connectivity index (χ3n) is 5.82. The molecule has 0 N–H and O–H groups in total. The van der Waals surface area contributed by atoms with E-state index in [9.17, 15) is 16.8 Å². The molecule has 0 aliphatic carbocycles. The molecule has 0 saturated carbocycles. The Morgan fingerprint density at radius 2 is 0.844 bits per heavy atom. The molecule has 0 amide bonds. The van der Waals surface area contributed by atoms with Gasteiger partial charge < -0.3 is 0 Å². The highest BCUT2D eigenvalue weighted by molar-refractivity contribution is 8.14. The van der Waals surface area contributed by atoms with Crippen LogP contribution in [0.4, 0.5) is 0 Å². The van der Waals surface area contributed by atoms with E-state index in [1.54, 1.807) is 0 Å². The summed E-state index contributed by atoms with van der Waals surface area (Å²) in [6.07, 6.45) is 21.1. The van der Waals surface area contributed by atoms with Gasteiger partial charge in [-0.25, -0.2) is 16.8 Å². The highest BCUT2D eigenvalue weighted by atomic mass is 35.7. The van der Waals surface area contributed by atoms with Crippen molar-refractivity contribution in [1.82, 2.24) is 0 Å². The summed E-state index contributed by atoms with van der Waals surface area (Å²) in [5.74, 6) is 0. The molecular formula is C24H40Cl2O4S2. The van der Waals surface area contributed by atoms with Crippen molar-refractivity contribution in [1.29, 1.82) is 0 Å². The number of aryl methyl sites for hydroxylation is 1. The Hall–Kier alpha value is -0.300. The fourth-order valence-corrected chi connectivity index (χ4v) is 5.66. The molecule has 1 aromatic carbocycles. The second-order valence-corrected chi connectivity index (χ2v) is 13.9. The third-order valence-corrected chi connectivity index (χ3v) is 8.49. The first kappa shape index (κ1) is 29.7. The SMILES string of the molecule is CCCCCCCCCCCCCCCCCCc1cc(S(=O)(=O)Cl)cc(S(=O)(=O)Cl)c1. The molecule has 186 valence electrons. The molecule has 0 unspecified atom stereocenters. The molecule has 0 aliphatic rings. The minimum atomic E-state index is -4.02. The van der Waals surface area contributed by atoms with Crippen molar-refractivity contribution < 1.29 is 16.8 Å². The summed E-state index contributed by atoms with van der Waals surface area (Å²) in [4.78, 5) is -0.459. The van der Waals surface area contributed by atoms with Crippen molar-refractivity contribution >= 4 is 39.5 Å². The highest BCUT2D eigenvalue weighted by Gasteiger charge is 2.18. The lowest BCUT2D eigenvalue weighted by molar-refractivity contribution is 0.529. The van der Waals surface area contributed by atoms with E-state index in [2.05, 4.69) is 6.92 Å². The molecule has 1 rings (SSSR count). The van der Waals surface area contributed by atoms with Gasteiger partial charge in [-0.15, -0.1) is 0 Å². The van der Waals surface area contributed by atoms with Crippen LogP contribution in [0.25, 0.3) is 0 Å². The lowest BCUT2D eigenvalue weighted by Gasteiger charge is -2.07. The van der Waals surface area contributed by atoms with E-state index in [4.69, 9.17) is 21.4 Å². The van der Waals surface area contributed by atoms with Crippen LogP contribution in [0.1, 0.15) is 115 Å². The normalized spacial score (nSPS) is 12.3. The molecule has 8 heteroatoms. The fourth-order valence-electron chi connectivity index (χ4n) is 3.93. The van der Waals surface area contributed by atoms with Crippen LogP contribution in [-0.2, 0) is 24.5 Å². The van der Waals surface area contributed by atoms with Gasteiger partial charge in [0, 0.05) is 21.4 Å². The number of rotatable bonds is 19. The number of halogens is 2. The van der Waals surface area contributed by atoms with Gasteiger partial charge in [-0.3, -0.25) is 0 Å². The fraction of sp³-hybridized carbons (Fsp3) is 0.750. The quantitative estimate of drug-likeness (QED) is 0.134. The summed E-state index contributed by atoms with van der Waals surface area (Å²) in [5, 5.41) is 0. The molecule has 0 atom stereocenters. The maximum Gasteiger partial charge on any atom is 0.261 e. The molecule has 0 heterocycles. The Balaban J connectivity index is 2.14. The molecular weight excluding hydrogens is 487 g/mol. The van der Waals surface area contributed by atoms with Gasteiger partial charge in [0.25, 0.3) is 18.1 Å². The van der Waals surface area contributed by atoms with E-state index < -0.39 is 18.1 Å². The molecule has 0 radical (unpaired) electrons. The standard InChI is InChI=1S/C24H40Cl2O4S2/c1-2-3-4-5-6-7-8-9-10-11-12-13-14-15-16-17-18-22-19-23(31(25,27)28)21-24(20-22)32(26,29)30/h19-21H,2-18H2,1H3. The van der Waals surface area contributed by atoms with Gasteiger partial charge in [0.1, 0.15) is 0 Å². The number of hydrogen-bond acceptors (Lipinski definition) is 4. The monoisotopic (exact) mass is 526 g/mol. The van der Waals surface area contributed by atoms with Crippen LogP contribution in [0, 0.1) is 0 Å². The van der Waals surface area contributed by atoms with Crippen LogP contribution in [0.2, 0.25) is 0 Å². The molecule has 1 aromatic rings. The van der Waals surface area contributed by atoms with Gasteiger partial charge in [0.05, 0.1) is 9.79 Å². The number of unbranched alkanes of at least 4 members (excludes halogenated alkanes) is 15. The summed E-state index contributed by atoms with van der Waals surface area (Å²) >= 11 is 0. The van der Waals surface area contributed by atoms with Crippen molar-refractivity contribution in [2.24, 2.45) is 0 Å². The maximum atomic E-state index is 11.6. The summed E-state index contributed by atoms with van der Waals surface area (Å²) in [5.41, 5.74) is 0.622. The molecule has 0 bridgehead atoms. The molecule has 32 heavy (non-hydrogen) atoms. The second-order valence-electron chi connectivity index (χ2n) is 8.74. The van der Waals surface area contributed by atoms with Crippen LogP contribution in [0.3, 0.4) is 0 Å². The van der Waals surface area contributed by atoms with Crippen LogP contribution >= 0.6 is 21.4 Å². The average Bonchev–Trinajstić information content (AvgIpc) is 2.72. The molecule has 4 nitrogen and oxygen atoms in total. The second kappa shape index (κ2) is 16.3. The highest BCUT2D eigenvalue weighted by Crippen LogP contribution is 2.25. The first-order chi connectivity index (χ1) is 15.1. The molecule has 0 spiro atoms. The summed E-state index contributed by atoms with van der Waals surface area (Å²) in [7, 11) is 2.74. The zero-order valence-corrected chi connectivity index (χ0v) is 22.6. The number of benzene rings is 1. The van der Waals surface area contributed by atoms with Crippen molar-refractivity contribution in [2.75, 3.05) is 0 Å². The third kappa shape index (κ3) is 14.1. The van der Waals surface area contributed by atoms with Gasteiger partial charge in [-0.2, -0.15) is 0 Å². The largest absolute Gasteiger partial charge is 0.261 e. The van der Waals surface area contributed by atoms with E-state index in [-0.39, 0.29) is 9.79 Å².